The normalized spacial score (nSPS) is 13.9. The monoisotopic (exact) mass is 392 g/mol. The predicted molar refractivity (Wildman–Crippen MR) is 111 cm³/mol. The zero-order chi connectivity index (χ0) is 20.0. The number of hydrogen-bond donors (Lipinski definition) is 0. The van der Waals surface area contributed by atoms with Gasteiger partial charge in [-0.25, -0.2) is 0 Å². The first-order valence-corrected chi connectivity index (χ1v) is 10.3. The summed E-state index contributed by atoms with van der Waals surface area (Å²) < 4.78 is 24.9. The Kier molecular flexibility index (Phi) is 4.46. The maximum absolute atomic E-state index is 5.69. The third-order valence-electron chi connectivity index (χ3n) is 6.00. The number of ether oxygens (including phenoxy) is 4. The number of pyridine rings is 1. The number of unbranched alkanes of at least 4 members (excludes halogenated alkanes) is 1. The largest absolute Gasteiger partial charge is 0.493 e. The summed E-state index contributed by atoms with van der Waals surface area (Å²) in [5.74, 6) is 3.23. The number of nitrogens with zero attached hydrogens (tertiary/aromatic N) is 1. The minimum absolute atomic E-state index is 0.301. The second-order valence-corrected chi connectivity index (χ2v) is 7.66. The van der Waals surface area contributed by atoms with Crippen LogP contribution in [0, 0.1) is 0 Å². The maximum Gasteiger partial charge on any atom is 0.231 e. The Labute approximate surface area is 170 Å². The molecule has 1 aromatic heterocycles. The van der Waals surface area contributed by atoms with Gasteiger partial charge in [0.1, 0.15) is 0 Å². The van der Waals surface area contributed by atoms with Crippen molar-refractivity contribution in [2.24, 2.45) is 0 Å². The Morgan fingerprint density at radius 1 is 1.00 bits per heavy atom. The number of aryl methyl sites for hydroxylation is 3. The van der Waals surface area contributed by atoms with Crippen molar-refractivity contribution in [2.45, 2.75) is 39.2 Å². The van der Waals surface area contributed by atoms with Crippen molar-refractivity contribution >= 4 is 10.8 Å². The first-order chi connectivity index (χ1) is 14.2. The van der Waals surface area contributed by atoms with Gasteiger partial charge in [0.05, 0.1) is 19.8 Å². The van der Waals surface area contributed by atoms with Gasteiger partial charge in [0.2, 0.25) is 12.5 Å². The summed E-state index contributed by atoms with van der Waals surface area (Å²) in [6.07, 6.45) is 6.54. The topological polar surface area (TPSA) is 40.8 Å². The van der Waals surface area contributed by atoms with Gasteiger partial charge in [0, 0.05) is 22.8 Å². The maximum atomic E-state index is 5.69. The second-order valence-electron chi connectivity index (χ2n) is 7.66. The summed E-state index contributed by atoms with van der Waals surface area (Å²) in [7, 11) is 3.38. The smallest absolute Gasteiger partial charge is 0.231 e. The molecule has 3 heterocycles. The highest BCUT2D eigenvalue weighted by Crippen LogP contribution is 2.43. The summed E-state index contributed by atoms with van der Waals surface area (Å²) >= 11 is 0. The molecule has 5 heteroatoms. The van der Waals surface area contributed by atoms with E-state index in [1.165, 1.54) is 33.2 Å². The molecule has 5 nitrogen and oxygen atoms in total. The van der Waals surface area contributed by atoms with Gasteiger partial charge in [-0.3, -0.25) is 0 Å². The van der Waals surface area contributed by atoms with Gasteiger partial charge in [-0.2, -0.15) is 4.57 Å². The van der Waals surface area contributed by atoms with Crippen LogP contribution in [0.3, 0.4) is 0 Å². The quantitative estimate of drug-likeness (QED) is 0.602. The summed E-state index contributed by atoms with van der Waals surface area (Å²) in [4.78, 5) is 0. The van der Waals surface area contributed by atoms with Crippen molar-refractivity contribution in [1.82, 2.24) is 0 Å². The molecule has 29 heavy (non-hydrogen) atoms. The van der Waals surface area contributed by atoms with Crippen molar-refractivity contribution < 1.29 is 23.5 Å². The van der Waals surface area contributed by atoms with E-state index in [-0.39, 0.29) is 0 Å². The van der Waals surface area contributed by atoms with Gasteiger partial charge in [-0.05, 0) is 42.7 Å². The molecule has 0 atom stereocenters. The van der Waals surface area contributed by atoms with Gasteiger partial charge in [0.15, 0.2) is 35.7 Å². The van der Waals surface area contributed by atoms with E-state index < -0.39 is 0 Å². The molecule has 0 aliphatic carbocycles. The van der Waals surface area contributed by atoms with Crippen molar-refractivity contribution in [3.8, 4) is 34.3 Å². The summed E-state index contributed by atoms with van der Waals surface area (Å²) in [6.45, 7) is 3.49. The van der Waals surface area contributed by atoms with E-state index in [0.717, 1.165) is 55.2 Å². The van der Waals surface area contributed by atoms with Crippen LogP contribution < -0.4 is 23.5 Å². The average Bonchev–Trinajstić information content (AvgIpc) is 3.21. The minimum atomic E-state index is 0.301. The number of methoxy groups -OCH3 is 2. The van der Waals surface area contributed by atoms with E-state index in [1.54, 1.807) is 14.2 Å². The van der Waals surface area contributed by atoms with Crippen LogP contribution in [0.25, 0.3) is 22.0 Å². The van der Waals surface area contributed by atoms with Gasteiger partial charge in [-0.1, -0.05) is 13.3 Å². The van der Waals surface area contributed by atoms with E-state index in [9.17, 15) is 0 Å². The second kappa shape index (κ2) is 7.14. The van der Waals surface area contributed by atoms with E-state index >= 15 is 0 Å². The number of hydrogen-bond acceptors (Lipinski definition) is 4. The van der Waals surface area contributed by atoms with Crippen LogP contribution in [0.4, 0.5) is 0 Å². The number of benzene rings is 2. The van der Waals surface area contributed by atoms with Crippen molar-refractivity contribution in [2.75, 3.05) is 21.0 Å². The minimum Gasteiger partial charge on any atom is -0.493 e. The van der Waals surface area contributed by atoms with Crippen LogP contribution in [-0.2, 0) is 19.4 Å². The Morgan fingerprint density at radius 3 is 2.52 bits per heavy atom. The molecule has 0 unspecified atom stereocenters. The molecule has 0 saturated heterocycles. The van der Waals surface area contributed by atoms with Gasteiger partial charge in [0.25, 0.3) is 0 Å². The molecule has 0 bridgehead atoms. The fourth-order valence-corrected chi connectivity index (χ4v) is 4.55. The Hall–Kier alpha value is -2.95. The number of rotatable bonds is 5. The van der Waals surface area contributed by atoms with E-state index in [4.69, 9.17) is 18.9 Å². The van der Waals surface area contributed by atoms with Crippen molar-refractivity contribution in [1.29, 1.82) is 0 Å². The molecule has 2 aromatic carbocycles. The Bertz CT molecular complexity index is 1110. The Balaban J connectivity index is 1.80. The lowest BCUT2D eigenvalue weighted by Crippen LogP contribution is -2.41. The third-order valence-corrected chi connectivity index (χ3v) is 6.00. The predicted octanol–water partition coefficient (Wildman–Crippen LogP) is 4.44. The fraction of sp³-hybridized carbons (Fsp3) is 0.375. The van der Waals surface area contributed by atoms with Crippen LogP contribution in [0.5, 0.6) is 23.0 Å². The number of fused-ring (bicyclic) bond motifs is 5. The molecular weight excluding hydrogens is 366 g/mol. The fourth-order valence-electron chi connectivity index (χ4n) is 4.55. The van der Waals surface area contributed by atoms with E-state index in [1.807, 2.05) is 0 Å². The molecule has 0 amide bonds. The SMILES string of the molecule is CCCCc1c2[n+](cc3cc(OC)c(OC)cc13)CCc1cc3c(cc1-2)OCO3. The molecule has 0 N–H and O–H groups in total. The first-order valence-electron chi connectivity index (χ1n) is 10.3. The molecule has 0 radical (unpaired) electrons. The van der Waals surface area contributed by atoms with Gasteiger partial charge >= 0.3 is 0 Å². The molecule has 5 rings (SSSR count). The van der Waals surface area contributed by atoms with Crippen LogP contribution in [0.1, 0.15) is 30.9 Å². The van der Waals surface area contributed by atoms with Crippen molar-refractivity contribution in [3.05, 3.63) is 41.6 Å². The van der Waals surface area contributed by atoms with Gasteiger partial charge < -0.3 is 18.9 Å². The standard InChI is InChI=1S/C24H26NO4/c1-4-5-6-17-18-11-21(27-3)20(26-2)10-16(18)13-25-8-7-15-9-22-23(29-14-28-22)12-19(15)24(17)25/h9-13H,4-8,14H2,1-3H3/q+1. The zero-order valence-corrected chi connectivity index (χ0v) is 17.2. The third kappa shape index (κ3) is 2.87. The molecule has 150 valence electrons. The molecule has 0 saturated carbocycles. The average molecular weight is 392 g/mol. The van der Waals surface area contributed by atoms with Gasteiger partial charge in [-0.15, -0.1) is 0 Å². The lowest BCUT2D eigenvalue weighted by atomic mass is 9.89. The summed E-state index contributed by atoms with van der Waals surface area (Å²) in [6, 6.07) is 8.53. The van der Waals surface area contributed by atoms with Crippen LogP contribution >= 0.6 is 0 Å². The highest BCUT2D eigenvalue weighted by molar-refractivity contribution is 5.91. The van der Waals surface area contributed by atoms with Crippen molar-refractivity contribution in [3.63, 3.8) is 0 Å². The first kappa shape index (κ1) is 18.1. The lowest BCUT2D eigenvalue weighted by molar-refractivity contribution is -0.686. The highest BCUT2D eigenvalue weighted by atomic mass is 16.7. The molecule has 2 aliphatic rings. The molecule has 2 aliphatic heterocycles. The van der Waals surface area contributed by atoms with Crippen LogP contribution in [0.2, 0.25) is 0 Å². The molecule has 0 fully saturated rings. The molecule has 0 spiro atoms. The molecular formula is C24H26NO4+. The highest BCUT2D eigenvalue weighted by Gasteiger charge is 2.31. The zero-order valence-electron chi connectivity index (χ0n) is 17.2. The molecule has 3 aromatic rings. The van der Waals surface area contributed by atoms with E-state index in [0.29, 0.717) is 6.79 Å². The summed E-state index contributed by atoms with van der Waals surface area (Å²) in [5, 5.41) is 2.41. The number of aromatic nitrogens is 1. The van der Waals surface area contributed by atoms with Crippen LogP contribution in [-0.4, -0.2) is 21.0 Å². The summed E-state index contributed by atoms with van der Waals surface area (Å²) in [5.41, 5.74) is 5.23. The Morgan fingerprint density at radius 2 is 1.76 bits per heavy atom. The van der Waals surface area contributed by atoms with E-state index in [2.05, 4.69) is 42.0 Å². The lowest BCUT2D eigenvalue weighted by Gasteiger charge is -2.20. The van der Waals surface area contributed by atoms with Crippen LogP contribution in [0.15, 0.2) is 30.5 Å².